The van der Waals surface area contributed by atoms with Gasteiger partial charge in [-0.1, -0.05) is 54.1 Å². The summed E-state index contributed by atoms with van der Waals surface area (Å²) in [5, 5.41) is 0.495. The minimum atomic E-state index is -0.789. The standard InChI is InChI=1S/C22H17ClN6O3/c1-26-19-18(20(31)28(22(26)32)12-17(24)30)27-11-16(13-7-3-2-4-8-13)29(21(27)25-19)15-10-6-5-9-14(15)23/h2-11H,12H2,1H3,(H2,24,30). The number of hydrogen-bond acceptors (Lipinski definition) is 4. The van der Waals surface area contributed by atoms with E-state index in [9.17, 15) is 14.4 Å². The number of carbonyl (C=O) groups excluding carboxylic acids is 1. The number of aromatic nitrogens is 5. The highest BCUT2D eigenvalue weighted by atomic mass is 35.5. The molecule has 0 saturated carbocycles. The Morgan fingerprint density at radius 3 is 2.44 bits per heavy atom. The third kappa shape index (κ3) is 2.86. The number of nitrogens with zero attached hydrogens (tertiary/aromatic N) is 5. The van der Waals surface area contributed by atoms with Crippen LogP contribution >= 0.6 is 11.6 Å². The number of nitrogens with two attached hydrogens (primary N) is 1. The number of aryl methyl sites for hydroxylation is 1. The van der Waals surface area contributed by atoms with Crippen molar-refractivity contribution in [2.24, 2.45) is 12.8 Å². The van der Waals surface area contributed by atoms with E-state index in [0.717, 1.165) is 15.8 Å². The van der Waals surface area contributed by atoms with Crippen molar-refractivity contribution in [3.05, 3.63) is 86.7 Å². The van der Waals surface area contributed by atoms with E-state index in [0.29, 0.717) is 16.5 Å². The van der Waals surface area contributed by atoms with Crippen LogP contribution in [0.25, 0.3) is 33.9 Å². The van der Waals surface area contributed by atoms with Gasteiger partial charge in [-0.05, 0) is 12.1 Å². The number of fused-ring (bicyclic) bond motifs is 3. The number of halogens is 1. The molecule has 0 bridgehead atoms. The Morgan fingerprint density at radius 1 is 1.06 bits per heavy atom. The van der Waals surface area contributed by atoms with Crippen LogP contribution in [-0.4, -0.2) is 29.0 Å². The molecule has 10 heteroatoms. The van der Waals surface area contributed by atoms with Gasteiger partial charge in [0.1, 0.15) is 6.54 Å². The van der Waals surface area contributed by atoms with Gasteiger partial charge < -0.3 is 5.73 Å². The molecule has 0 radical (unpaired) electrons. The minimum Gasteiger partial charge on any atom is -0.368 e. The normalized spacial score (nSPS) is 11.4. The number of carbonyl (C=O) groups is 1. The maximum absolute atomic E-state index is 13.2. The molecule has 0 aliphatic heterocycles. The van der Waals surface area contributed by atoms with Crippen LogP contribution in [0.3, 0.4) is 0 Å². The van der Waals surface area contributed by atoms with Gasteiger partial charge >= 0.3 is 5.69 Å². The van der Waals surface area contributed by atoms with Crippen LogP contribution in [0.15, 0.2) is 70.4 Å². The van der Waals surface area contributed by atoms with E-state index in [1.165, 1.54) is 11.6 Å². The van der Waals surface area contributed by atoms with E-state index in [4.69, 9.17) is 17.3 Å². The molecular formula is C22H17ClN6O3. The maximum Gasteiger partial charge on any atom is 0.332 e. The molecule has 0 spiro atoms. The minimum absolute atomic E-state index is 0.159. The van der Waals surface area contributed by atoms with Gasteiger partial charge in [0.05, 0.1) is 16.4 Å². The third-order valence-electron chi connectivity index (χ3n) is 5.33. The number of rotatable bonds is 4. The van der Waals surface area contributed by atoms with Crippen molar-refractivity contribution in [3.8, 4) is 16.9 Å². The van der Waals surface area contributed by atoms with Gasteiger partial charge in [-0.3, -0.25) is 23.1 Å². The van der Waals surface area contributed by atoms with Crippen LogP contribution in [0.5, 0.6) is 0 Å². The van der Waals surface area contributed by atoms with Crippen LogP contribution in [0.4, 0.5) is 0 Å². The molecule has 0 fully saturated rings. The van der Waals surface area contributed by atoms with Crippen LogP contribution in [0.2, 0.25) is 5.02 Å². The summed E-state index contributed by atoms with van der Waals surface area (Å²) in [6, 6.07) is 16.9. The Morgan fingerprint density at radius 2 is 1.75 bits per heavy atom. The Hall–Kier alpha value is -4.11. The molecule has 0 unspecified atom stereocenters. The van der Waals surface area contributed by atoms with Crippen LogP contribution in [0.1, 0.15) is 0 Å². The highest BCUT2D eigenvalue weighted by Gasteiger charge is 2.23. The van der Waals surface area contributed by atoms with Gasteiger partial charge in [-0.2, -0.15) is 4.98 Å². The number of benzene rings is 2. The Labute approximate surface area is 185 Å². The molecule has 2 N–H and O–H groups in total. The summed E-state index contributed by atoms with van der Waals surface area (Å²) in [6.07, 6.45) is 1.77. The Bertz CT molecular complexity index is 1640. The molecule has 0 atom stereocenters. The second kappa shape index (κ2) is 7.24. The molecule has 160 valence electrons. The molecule has 2 aromatic carbocycles. The lowest BCUT2D eigenvalue weighted by atomic mass is 10.1. The molecule has 3 heterocycles. The van der Waals surface area contributed by atoms with E-state index in [2.05, 4.69) is 4.98 Å². The van der Waals surface area contributed by atoms with Gasteiger partial charge in [-0.15, -0.1) is 0 Å². The van der Waals surface area contributed by atoms with E-state index in [1.54, 1.807) is 16.7 Å². The second-order valence-electron chi connectivity index (χ2n) is 7.32. The highest BCUT2D eigenvalue weighted by molar-refractivity contribution is 6.32. The molecule has 3 aromatic heterocycles. The van der Waals surface area contributed by atoms with Crippen molar-refractivity contribution in [1.29, 1.82) is 0 Å². The lowest BCUT2D eigenvalue weighted by molar-refractivity contribution is -0.118. The van der Waals surface area contributed by atoms with Crippen molar-refractivity contribution in [2.45, 2.75) is 6.54 Å². The average Bonchev–Trinajstić information content (AvgIpc) is 3.32. The third-order valence-corrected chi connectivity index (χ3v) is 5.65. The van der Waals surface area contributed by atoms with Gasteiger partial charge in [0, 0.05) is 18.8 Å². The summed E-state index contributed by atoms with van der Waals surface area (Å²) in [6.45, 7) is -0.522. The van der Waals surface area contributed by atoms with E-state index >= 15 is 0 Å². The average molecular weight is 449 g/mol. The van der Waals surface area contributed by atoms with Gasteiger partial charge in [-0.25, -0.2) is 9.36 Å². The zero-order valence-corrected chi connectivity index (χ0v) is 17.7. The SMILES string of the molecule is Cn1c(=O)n(CC(N)=O)c(=O)c2c1nc1n(-c3ccccc3Cl)c(-c3ccccc3)cn21. The smallest absolute Gasteiger partial charge is 0.332 e. The van der Waals surface area contributed by atoms with Crippen LogP contribution in [0, 0.1) is 0 Å². The highest BCUT2D eigenvalue weighted by Crippen LogP contribution is 2.31. The van der Waals surface area contributed by atoms with E-state index in [1.807, 2.05) is 53.1 Å². The van der Waals surface area contributed by atoms with Gasteiger partial charge in [0.15, 0.2) is 11.2 Å². The van der Waals surface area contributed by atoms with Crippen molar-refractivity contribution in [1.82, 2.24) is 23.1 Å². The molecule has 9 nitrogen and oxygen atoms in total. The van der Waals surface area contributed by atoms with Crippen molar-refractivity contribution in [2.75, 3.05) is 0 Å². The number of primary amides is 1. The summed E-state index contributed by atoms with van der Waals surface area (Å²) in [5.41, 5.74) is 6.58. The molecule has 5 aromatic rings. The van der Waals surface area contributed by atoms with Crippen molar-refractivity contribution >= 4 is 34.4 Å². The fraction of sp³-hybridized carbons (Fsp3) is 0.0909. The molecular weight excluding hydrogens is 432 g/mol. The lowest BCUT2D eigenvalue weighted by Crippen LogP contribution is -2.42. The van der Waals surface area contributed by atoms with E-state index in [-0.39, 0.29) is 11.2 Å². The van der Waals surface area contributed by atoms with Gasteiger partial charge in [0.2, 0.25) is 11.7 Å². The number of hydrogen-bond donors (Lipinski definition) is 1. The number of amides is 1. The largest absolute Gasteiger partial charge is 0.368 e. The topological polar surface area (TPSA) is 109 Å². The molecule has 32 heavy (non-hydrogen) atoms. The summed E-state index contributed by atoms with van der Waals surface area (Å²) >= 11 is 6.51. The van der Waals surface area contributed by atoms with Crippen LogP contribution < -0.4 is 17.0 Å². The molecule has 0 saturated heterocycles. The zero-order chi connectivity index (χ0) is 22.6. The predicted molar refractivity (Wildman–Crippen MR) is 121 cm³/mol. The Balaban J connectivity index is 1.96. The fourth-order valence-corrected chi connectivity index (χ4v) is 4.09. The molecule has 0 aliphatic carbocycles. The number of imidazole rings is 2. The summed E-state index contributed by atoms with van der Waals surface area (Å²) in [5.74, 6) is -0.390. The first-order valence-corrected chi connectivity index (χ1v) is 10.1. The van der Waals surface area contributed by atoms with Crippen molar-refractivity contribution in [3.63, 3.8) is 0 Å². The summed E-state index contributed by atoms with van der Waals surface area (Å²) in [7, 11) is 1.49. The first kappa shape index (κ1) is 19.8. The fourth-order valence-electron chi connectivity index (χ4n) is 3.87. The summed E-state index contributed by atoms with van der Waals surface area (Å²) in [4.78, 5) is 42.0. The van der Waals surface area contributed by atoms with Crippen LogP contribution in [-0.2, 0) is 18.4 Å². The molecule has 0 aliphatic rings. The molecule has 5 rings (SSSR count). The summed E-state index contributed by atoms with van der Waals surface area (Å²) < 4.78 is 5.49. The van der Waals surface area contributed by atoms with Gasteiger partial charge in [0.25, 0.3) is 5.56 Å². The monoisotopic (exact) mass is 448 g/mol. The molecule has 1 amide bonds. The van der Waals surface area contributed by atoms with Crippen molar-refractivity contribution < 1.29 is 4.79 Å². The first-order chi connectivity index (χ1) is 15.4. The second-order valence-corrected chi connectivity index (χ2v) is 7.73. The number of para-hydroxylation sites is 1. The lowest BCUT2D eigenvalue weighted by Gasteiger charge is -2.10. The van der Waals surface area contributed by atoms with E-state index < -0.39 is 23.7 Å². The quantitative estimate of drug-likeness (QED) is 0.453. The first-order valence-electron chi connectivity index (χ1n) is 9.70. The predicted octanol–water partition coefficient (Wildman–Crippen LogP) is 1.94. The Kier molecular flexibility index (Phi) is 4.49. The maximum atomic E-state index is 13.2. The zero-order valence-electron chi connectivity index (χ0n) is 16.9.